The van der Waals surface area contributed by atoms with Crippen molar-refractivity contribution < 1.29 is 22.7 Å². The number of nitrogens with zero attached hydrogens (tertiary/aromatic N) is 2. The van der Waals surface area contributed by atoms with Crippen LogP contribution in [0.4, 0.5) is 18.9 Å². The number of hydrogen-bond donors (Lipinski definition) is 1. The second-order valence-corrected chi connectivity index (χ2v) is 7.05. The fraction of sp³-hybridized carbons (Fsp3) is 0.400. The molecule has 0 fully saturated rings. The second-order valence-electron chi connectivity index (χ2n) is 6.02. The Bertz CT molecular complexity index is 706. The van der Waals surface area contributed by atoms with Gasteiger partial charge in [-0.2, -0.15) is 13.2 Å². The standard InChI is InChI=1S/C15H16F3N3O2S/c1-14(2,3)13-20-7-10(24-13)12(22)21-9-4-5-11(19-6-9)23-8-15(16,17)18/h4-7H,8H2,1-3H3,(H,21,22). The van der Waals surface area contributed by atoms with Crippen LogP contribution in [0.25, 0.3) is 0 Å². The Morgan fingerprint density at radius 3 is 2.42 bits per heavy atom. The van der Waals surface area contributed by atoms with E-state index in [0.29, 0.717) is 10.6 Å². The van der Waals surface area contributed by atoms with Crippen molar-refractivity contribution in [1.82, 2.24) is 9.97 Å². The summed E-state index contributed by atoms with van der Waals surface area (Å²) < 4.78 is 40.7. The zero-order valence-electron chi connectivity index (χ0n) is 13.3. The van der Waals surface area contributed by atoms with Crippen molar-refractivity contribution in [1.29, 1.82) is 0 Å². The molecule has 0 aliphatic carbocycles. The van der Waals surface area contributed by atoms with Crippen LogP contribution in [-0.2, 0) is 5.41 Å². The van der Waals surface area contributed by atoms with Gasteiger partial charge >= 0.3 is 6.18 Å². The maximum atomic E-state index is 12.1. The van der Waals surface area contributed by atoms with Crippen molar-refractivity contribution in [3.63, 3.8) is 0 Å². The molecule has 0 aliphatic heterocycles. The first kappa shape index (κ1) is 18.2. The van der Waals surface area contributed by atoms with Gasteiger partial charge in [0.25, 0.3) is 5.91 Å². The molecular weight excluding hydrogens is 343 g/mol. The highest BCUT2D eigenvalue weighted by Gasteiger charge is 2.28. The van der Waals surface area contributed by atoms with Crippen LogP contribution < -0.4 is 10.1 Å². The normalized spacial score (nSPS) is 12.1. The van der Waals surface area contributed by atoms with Gasteiger partial charge in [-0.15, -0.1) is 11.3 Å². The van der Waals surface area contributed by atoms with E-state index in [2.05, 4.69) is 20.0 Å². The van der Waals surface area contributed by atoms with E-state index in [1.165, 1.54) is 35.9 Å². The van der Waals surface area contributed by atoms with Crippen molar-refractivity contribution in [3.05, 3.63) is 34.4 Å². The number of alkyl halides is 3. The molecule has 0 aliphatic rings. The van der Waals surface area contributed by atoms with E-state index < -0.39 is 12.8 Å². The van der Waals surface area contributed by atoms with Gasteiger partial charge in [0.15, 0.2) is 6.61 Å². The Balaban J connectivity index is 1.98. The van der Waals surface area contributed by atoms with E-state index in [1.54, 1.807) is 0 Å². The van der Waals surface area contributed by atoms with Crippen molar-refractivity contribution in [2.24, 2.45) is 0 Å². The first-order valence-electron chi connectivity index (χ1n) is 6.98. The summed E-state index contributed by atoms with van der Waals surface area (Å²) in [6.07, 6.45) is -1.70. The van der Waals surface area contributed by atoms with Crippen molar-refractivity contribution >= 4 is 22.9 Å². The van der Waals surface area contributed by atoms with Crippen LogP contribution in [0.15, 0.2) is 24.5 Å². The van der Waals surface area contributed by atoms with E-state index in [4.69, 9.17) is 0 Å². The predicted molar refractivity (Wildman–Crippen MR) is 84.6 cm³/mol. The highest BCUT2D eigenvalue weighted by Crippen LogP contribution is 2.27. The maximum absolute atomic E-state index is 12.1. The number of thiazole rings is 1. The van der Waals surface area contributed by atoms with Crippen LogP contribution in [0, 0.1) is 0 Å². The summed E-state index contributed by atoms with van der Waals surface area (Å²) in [5, 5.41) is 3.45. The highest BCUT2D eigenvalue weighted by molar-refractivity contribution is 7.13. The molecule has 0 atom stereocenters. The van der Waals surface area contributed by atoms with Crippen molar-refractivity contribution in [2.45, 2.75) is 32.4 Å². The molecule has 2 aromatic heterocycles. The van der Waals surface area contributed by atoms with Gasteiger partial charge in [-0.3, -0.25) is 4.79 Å². The molecule has 1 amide bonds. The quantitative estimate of drug-likeness (QED) is 0.895. The molecule has 0 saturated carbocycles. The van der Waals surface area contributed by atoms with E-state index in [9.17, 15) is 18.0 Å². The Morgan fingerprint density at radius 2 is 1.92 bits per heavy atom. The average molecular weight is 359 g/mol. The minimum atomic E-state index is -4.43. The van der Waals surface area contributed by atoms with E-state index >= 15 is 0 Å². The summed E-state index contributed by atoms with van der Waals surface area (Å²) in [5.41, 5.74) is 0.201. The fourth-order valence-corrected chi connectivity index (χ4v) is 2.48. The maximum Gasteiger partial charge on any atom is 0.422 e. The predicted octanol–water partition coefficient (Wildman–Crippen LogP) is 4.03. The number of halogens is 3. The number of nitrogens with one attached hydrogen (secondary N) is 1. The zero-order chi connectivity index (χ0) is 18.0. The number of rotatable bonds is 4. The lowest BCUT2D eigenvalue weighted by Gasteiger charge is -2.13. The molecule has 2 aromatic rings. The van der Waals surface area contributed by atoms with Gasteiger partial charge in [-0.05, 0) is 6.07 Å². The summed E-state index contributed by atoms with van der Waals surface area (Å²) >= 11 is 1.29. The minimum absolute atomic E-state index is 0.151. The number of hydrogen-bond acceptors (Lipinski definition) is 5. The Kier molecular flexibility index (Phi) is 5.12. The lowest BCUT2D eigenvalue weighted by molar-refractivity contribution is -0.154. The fourth-order valence-electron chi connectivity index (χ4n) is 1.61. The van der Waals surface area contributed by atoms with Crippen molar-refractivity contribution in [2.75, 3.05) is 11.9 Å². The molecule has 0 unspecified atom stereocenters. The van der Waals surface area contributed by atoms with Crippen LogP contribution in [0.3, 0.4) is 0 Å². The summed E-state index contributed by atoms with van der Waals surface area (Å²) in [5.74, 6) is -0.521. The Labute approximate surface area is 140 Å². The number of anilines is 1. The van der Waals surface area contributed by atoms with Gasteiger partial charge in [-0.1, -0.05) is 20.8 Å². The first-order valence-corrected chi connectivity index (χ1v) is 7.79. The number of pyridine rings is 1. The molecule has 0 radical (unpaired) electrons. The largest absolute Gasteiger partial charge is 0.468 e. The molecule has 1 N–H and O–H groups in total. The molecule has 130 valence electrons. The summed E-state index contributed by atoms with van der Waals surface area (Å²) in [7, 11) is 0. The number of carbonyl (C=O) groups is 1. The average Bonchev–Trinajstić information content (AvgIpc) is 2.95. The number of amides is 1. The van der Waals surface area contributed by atoms with Gasteiger partial charge in [0, 0.05) is 11.5 Å². The summed E-state index contributed by atoms with van der Waals surface area (Å²) in [4.78, 5) is 20.5. The molecule has 24 heavy (non-hydrogen) atoms. The smallest absolute Gasteiger partial charge is 0.422 e. The van der Waals surface area contributed by atoms with Crippen LogP contribution in [0.1, 0.15) is 35.5 Å². The minimum Gasteiger partial charge on any atom is -0.468 e. The third-order valence-corrected chi connectivity index (χ3v) is 4.17. The first-order chi connectivity index (χ1) is 11.0. The summed E-state index contributed by atoms with van der Waals surface area (Å²) in [6, 6.07) is 2.68. The van der Waals surface area contributed by atoms with Crippen LogP contribution in [-0.4, -0.2) is 28.7 Å². The zero-order valence-corrected chi connectivity index (χ0v) is 14.1. The number of ether oxygens (including phenoxy) is 1. The molecule has 2 heterocycles. The van der Waals surface area contributed by atoms with Crippen LogP contribution in [0.5, 0.6) is 5.88 Å². The number of carbonyl (C=O) groups excluding carboxylic acids is 1. The van der Waals surface area contributed by atoms with Gasteiger partial charge in [-0.25, -0.2) is 9.97 Å². The highest BCUT2D eigenvalue weighted by atomic mass is 32.1. The molecule has 5 nitrogen and oxygen atoms in total. The monoisotopic (exact) mass is 359 g/mol. The third-order valence-electron chi connectivity index (χ3n) is 2.75. The van der Waals surface area contributed by atoms with Crippen molar-refractivity contribution in [3.8, 4) is 5.88 Å². The molecule has 0 spiro atoms. The van der Waals surface area contributed by atoms with Crippen LogP contribution >= 0.6 is 11.3 Å². The Hall–Kier alpha value is -2.16. The summed E-state index contributed by atoms with van der Waals surface area (Å²) in [6.45, 7) is 4.58. The molecule has 9 heteroatoms. The van der Waals surface area contributed by atoms with Gasteiger partial charge < -0.3 is 10.1 Å². The molecule has 2 rings (SSSR count). The van der Waals surface area contributed by atoms with E-state index in [1.807, 2.05) is 20.8 Å². The molecule has 0 aromatic carbocycles. The molecule has 0 bridgehead atoms. The lowest BCUT2D eigenvalue weighted by atomic mass is 9.98. The Morgan fingerprint density at radius 1 is 1.21 bits per heavy atom. The second kappa shape index (κ2) is 6.76. The molecular formula is C15H16F3N3O2S. The van der Waals surface area contributed by atoms with E-state index in [-0.39, 0.29) is 17.2 Å². The van der Waals surface area contributed by atoms with Gasteiger partial charge in [0.1, 0.15) is 4.88 Å². The molecule has 0 saturated heterocycles. The van der Waals surface area contributed by atoms with Gasteiger partial charge in [0.2, 0.25) is 5.88 Å². The lowest BCUT2D eigenvalue weighted by Crippen LogP contribution is -2.19. The van der Waals surface area contributed by atoms with Crippen LogP contribution in [0.2, 0.25) is 0 Å². The number of aromatic nitrogens is 2. The van der Waals surface area contributed by atoms with Gasteiger partial charge in [0.05, 0.1) is 23.1 Å². The third kappa shape index (κ3) is 5.19. The van der Waals surface area contributed by atoms with E-state index in [0.717, 1.165) is 5.01 Å². The SMILES string of the molecule is CC(C)(C)c1ncc(C(=O)Nc2ccc(OCC(F)(F)F)nc2)s1. The topological polar surface area (TPSA) is 64.1 Å².